The van der Waals surface area contributed by atoms with E-state index in [4.69, 9.17) is 0 Å². The van der Waals surface area contributed by atoms with Gasteiger partial charge < -0.3 is 10.2 Å². The third kappa shape index (κ3) is 4.25. The van der Waals surface area contributed by atoms with Crippen molar-refractivity contribution in [1.82, 2.24) is 5.32 Å². The van der Waals surface area contributed by atoms with Crippen LogP contribution < -0.4 is 10.2 Å². The van der Waals surface area contributed by atoms with Crippen LogP contribution in [-0.4, -0.2) is 11.8 Å². The molecule has 1 aliphatic heterocycles. The number of amides is 2. The van der Waals surface area contributed by atoms with Crippen molar-refractivity contribution in [1.29, 1.82) is 0 Å². The third-order valence-corrected chi connectivity index (χ3v) is 6.33. The van der Waals surface area contributed by atoms with Crippen molar-refractivity contribution in [3.63, 3.8) is 0 Å². The quantitative estimate of drug-likeness (QED) is 0.660. The maximum atomic E-state index is 13.2. The molecular formula is C24H24N2O2S. The minimum atomic E-state index is -0.283. The van der Waals surface area contributed by atoms with Gasteiger partial charge in [0.1, 0.15) is 0 Å². The maximum absolute atomic E-state index is 13.2. The lowest BCUT2D eigenvalue weighted by Gasteiger charge is -2.40. The molecule has 1 aliphatic rings. The number of benzene rings is 2. The molecule has 1 N–H and O–H groups in total. The zero-order chi connectivity index (χ0) is 20.2. The number of hydrogen-bond acceptors (Lipinski definition) is 3. The molecular weight excluding hydrogens is 380 g/mol. The number of aryl methyl sites for hydroxylation is 1. The Morgan fingerprint density at radius 2 is 1.83 bits per heavy atom. The van der Waals surface area contributed by atoms with Crippen molar-refractivity contribution in [3.8, 4) is 0 Å². The van der Waals surface area contributed by atoms with Gasteiger partial charge in [0.05, 0.1) is 12.0 Å². The number of carbonyl (C=O) groups excluding carboxylic acids is 2. The Bertz CT molecular complexity index is 968. The average molecular weight is 405 g/mol. The Hall–Kier alpha value is -2.92. The van der Waals surface area contributed by atoms with E-state index in [-0.39, 0.29) is 23.8 Å². The Kier molecular flexibility index (Phi) is 5.76. The molecule has 2 unspecified atom stereocenters. The van der Waals surface area contributed by atoms with E-state index in [0.29, 0.717) is 19.4 Å². The molecule has 2 aromatic carbocycles. The molecule has 29 heavy (non-hydrogen) atoms. The van der Waals surface area contributed by atoms with Gasteiger partial charge in [-0.3, -0.25) is 9.59 Å². The topological polar surface area (TPSA) is 49.4 Å². The number of nitrogens with one attached hydrogen (secondary N) is 1. The Labute approximate surface area is 175 Å². The molecule has 0 radical (unpaired) electrons. The van der Waals surface area contributed by atoms with Gasteiger partial charge in [-0.2, -0.15) is 0 Å². The zero-order valence-corrected chi connectivity index (χ0v) is 17.2. The number of thiophene rings is 1. The van der Waals surface area contributed by atoms with E-state index in [2.05, 4.69) is 5.32 Å². The Morgan fingerprint density at radius 3 is 2.52 bits per heavy atom. The van der Waals surface area contributed by atoms with Crippen LogP contribution in [0.3, 0.4) is 0 Å². The Morgan fingerprint density at radius 1 is 1.07 bits per heavy atom. The summed E-state index contributed by atoms with van der Waals surface area (Å²) in [7, 11) is 0. The van der Waals surface area contributed by atoms with Gasteiger partial charge in [-0.15, -0.1) is 11.3 Å². The highest BCUT2D eigenvalue weighted by Crippen LogP contribution is 2.41. The lowest BCUT2D eigenvalue weighted by Crippen LogP contribution is -2.48. The summed E-state index contributed by atoms with van der Waals surface area (Å²) in [5.41, 5.74) is 3.05. The molecule has 148 valence electrons. The van der Waals surface area contributed by atoms with Gasteiger partial charge in [0, 0.05) is 23.5 Å². The summed E-state index contributed by atoms with van der Waals surface area (Å²) in [6, 6.07) is 21.6. The first-order valence-electron chi connectivity index (χ1n) is 9.87. The largest absolute Gasteiger partial charge is 0.352 e. The van der Waals surface area contributed by atoms with E-state index in [1.54, 1.807) is 11.3 Å². The van der Waals surface area contributed by atoms with Gasteiger partial charge >= 0.3 is 0 Å². The lowest BCUT2D eigenvalue weighted by atomic mass is 9.86. The van der Waals surface area contributed by atoms with Crippen LogP contribution in [0.2, 0.25) is 0 Å². The summed E-state index contributed by atoms with van der Waals surface area (Å²) < 4.78 is 0. The predicted molar refractivity (Wildman–Crippen MR) is 117 cm³/mol. The second-order valence-electron chi connectivity index (χ2n) is 7.41. The molecule has 0 aliphatic carbocycles. The first-order chi connectivity index (χ1) is 14.1. The molecule has 4 rings (SSSR count). The van der Waals surface area contributed by atoms with Crippen molar-refractivity contribution in [2.45, 2.75) is 32.4 Å². The van der Waals surface area contributed by atoms with Crippen molar-refractivity contribution in [2.24, 2.45) is 5.92 Å². The van der Waals surface area contributed by atoms with Gasteiger partial charge in [-0.25, -0.2) is 0 Å². The number of nitrogens with zero attached hydrogens (tertiary/aromatic N) is 1. The average Bonchev–Trinajstić information content (AvgIpc) is 3.28. The van der Waals surface area contributed by atoms with Crippen LogP contribution in [0.1, 0.15) is 34.9 Å². The van der Waals surface area contributed by atoms with Crippen molar-refractivity contribution < 1.29 is 9.59 Å². The highest BCUT2D eigenvalue weighted by atomic mass is 32.1. The minimum absolute atomic E-state index is 0.00290. The number of anilines is 1. The van der Waals surface area contributed by atoms with Crippen molar-refractivity contribution >= 4 is 28.8 Å². The van der Waals surface area contributed by atoms with Crippen LogP contribution in [0.15, 0.2) is 72.1 Å². The van der Waals surface area contributed by atoms with E-state index >= 15 is 0 Å². The zero-order valence-electron chi connectivity index (χ0n) is 16.4. The molecule has 0 spiro atoms. The van der Waals surface area contributed by atoms with Crippen molar-refractivity contribution in [3.05, 3.63) is 88.1 Å². The molecule has 4 nitrogen and oxygen atoms in total. The van der Waals surface area contributed by atoms with E-state index < -0.39 is 0 Å². The number of hydrogen-bond donors (Lipinski definition) is 1. The molecule has 1 saturated heterocycles. The van der Waals surface area contributed by atoms with Gasteiger partial charge in [-0.05, 0) is 42.5 Å². The summed E-state index contributed by atoms with van der Waals surface area (Å²) in [5.74, 6) is -0.215. The molecule has 1 fully saturated rings. The molecule has 5 heteroatoms. The SMILES string of the molecule is Cc1ccc(N2C(=O)CCC(C(=O)NCc3ccccc3)C2c2cccs2)cc1. The number of rotatable bonds is 5. The van der Waals surface area contributed by atoms with Crippen LogP contribution in [0.4, 0.5) is 5.69 Å². The van der Waals surface area contributed by atoms with Crippen LogP contribution in [0.5, 0.6) is 0 Å². The fourth-order valence-electron chi connectivity index (χ4n) is 3.88. The predicted octanol–water partition coefficient (Wildman–Crippen LogP) is 4.86. The number of carbonyl (C=O) groups is 2. The van der Waals surface area contributed by atoms with Crippen LogP contribution in [0, 0.1) is 12.8 Å². The van der Waals surface area contributed by atoms with Gasteiger partial charge in [0.2, 0.25) is 11.8 Å². The fraction of sp³-hybridized carbons (Fsp3) is 0.250. The van der Waals surface area contributed by atoms with Crippen LogP contribution >= 0.6 is 11.3 Å². The summed E-state index contributed by atoms with van der Waals surface area (Å²) in [6.07, 6.45) is 0.934. The van der Waals surface area contributed by atoms with Crippen LogP contribution in [-0.2, 0) is 16.1 Å². The highest BCUT2D eigenvalue weighted by molar-refractivity contribution is 7.10. The lowest BCUT2D eigenvalue weighted by molar-refractivity contribution is -0.129. The molecule has 1 aromatic heterocycles. The minimum Gasteiger partial charge on any atom is -0.352 e. The van der Waals surface area contributed by atoms with E-state index in [1.807, 2.05) is 83.9 Å². The summed E-state index contributed by atoms with van der Waals surface area (Å²) >= 11 is 1.59. The molecule has 0 bridgehead atoms. The smallest absolute Gasteiger partial charge is 0.227 e. The number of piperidine rings is 1. The highest BCUT2D eigenvalue weighted by Gasteiger charge is 2.41. The standard InChI is InChI=1S/C24H24N2O2S/c1-17-9-11-19(12-10-17)26-22(27)14-13-20(23(26)21-8-5-15-29-21)24(28)25-16-18-6-3-2-4-7-18/h2-12,15,20,23H,13-14,16H2,1H3,(H,25,28). The second kappa shape index (κ2) is 8.62. The molecule has 2 heterocycles. The Balaban J connectivity index is 1.62. The van der Waals surface area contributed by atoms with Crippen molar-refractivity contribution in [2.75, 3.05) is 4.90 Å². The van der Waals surface area contributed by atoms with Crippen LogP contribution in [0.25, 0.3) is 0 Å². The van der Waals surface area contributed by atoms with E-state index in [9.17, 15) is 9.59 Å². The van der Waals surface area contributed by atoms with Gasteiger partial charge in [0.15, 0.2) is 0 Å². The van der Waals surface area contributed by atoms with E-state index in [1.165, 1.54) is 0 Å². The van der Waals surface area contributed by atoms with E-state index in [0.717, 1.165) is 21.7 Å². The molecule has 0 saturated carbocycles. The summed E-state index contributed by atoms with van der Waals surface area (Å²) in [5, 5.41) is 5.08. The van der Waals surface area contributed by atoms with Gasteiger partial charge in [0.25, 0.3) is 0 Å². The summed E-state index contributed by atoms with van der Waals surface area (Å²) in [4.78, 5) is 29.0. The monoisotopic (exact) mass is 404 g/mol. The fourth-order valence-corrected chi connectivity index (χ4v) is 4.76. The molecule has 2 amide bonds. The maximum Gasteiger partial charge on any atom is 0.227 e. The normalized spacial score (nSPS) is 19.2. The molecule has 3 aromatic rings. The first-order valence-corrected chi connectivity index (χ1v) is 10.8. The second-order valence-corrected chi connectivity index (χ2v) is 8.39. The first kappa shape index (κ1) is 19.4. The third-order valence-electron chi connectivity index (χ3n) is 5.39. The summed E-state index contributed by atoms with van der Waals surface area (Å²) in [6.45, 7) is 2.52. The van der Waals surface area contributed by atoms with Gasteiger partial charge in [-0.1, -0.05) is 54.1 Å². The molecule has 2 atom stereocenters.